The number of hydrogen-bond donors (Lipinski definition) is 0. The van der Waals surface area contributed by atoms with E-state index in [1.807, 2.05) is 18.5 Å². The number of rotatable bonds is 13. The normalized spacial score (nSPS) is 11.1. The molecule has 0 radical (unpaired) electrons. The fraction of sp³-hybridized carbons (Fsp3) is 0. The van der Waals surface area contributed by atoms with Gasteiger partial charge in [0.2, 0.25) is 0 Å². The highest BCUT2D eigenvalue weighted by molar-refractivity contribution is 5.95. The second kappa shape index (κ2) is 23.1. The smallest absolute Gasteiger partial charge is 0.159 e. The monoisotopic (exact) mass is 1070 g/mol. The lowest BCUT2D eigenvalue weighted by atomic mass is 9.86. The van der Waals surface area contributed by atoms with Crippen LogP contribution >= 0.6 is 0 Å². The molecule has 0 aliphatic rings. The zero-order valence-corrected chi connectivity index (χ0v) is 46.0. The van der Waals surface area contributed by atoms with Crippen LogP contribution in [0.3, 0.4) is 0 Å². The Morgan fingerprint density at radius 3 is 0.786 bits per heavy atom. The van der Waals surface area contributed by atoms with Crippen molar-refractivity contribution in [3.05, 3.63) is 328 Å². The van der Waals surface area contributed by atoms with Gasteiger partial charge in [0, 0.05) is 41.5 Å². The van der Waals surface area contributed by atoms with E-state index in [2.05, 4.69) is 307 Å². The number of nitrogens with zero attached hydrogens (tertiary/aromatic N) is 4. The Kier molecular flexibility index (Phi) is 14.0. The highest BCUT2D eigenvalue weighted by atomic mass is 14.8. The zero-order chi connectivity index (χ0) is 56.0. The van der Waals surface area contributed by atoms with Gasteiger partial charge in [-0.25, -0.2) is 9.97 Å². The van der Waals surface area contributed by atoms with Crippen LogP contribution in [-0.4, -0.2) is 19.9 Å². The number of benzene rings is 11. The summed E-state index contributed by atoms with van der Waals surface area (Å²) >= 11 is 0. The average molecular weight is 1070 g/mol. The number of hydrogen-bond acceptors (Lipinski definition) is 4. The zero-order valence-electron chi connectivity index (χ0n) is 46.0. The third kappa shape index (κ3) is 10.7. The van der Waals surface area contributed by atoms with Crippen LogP contribution in [0.2, 0.25) is 0 Å². The summed E-state index contributed by atoms with van der Waals surface area (Å²) in [5.41, 5.74) is 27.8. The summed E-state index contributed by atoms with van der Waals surface area (Å²) in [5.74, 6) is 0.703. The summed E-state index contributed by atoms with van der Waals surface area (Å²) in [6, 6.07) is 109. The van der Waals surface area contributed by atoms with Crippen LogP contribution in [0, 0.1) is 0 Å². The molecule has 11 aromatic carbocycles. The summed E-state index contributed by atoms with van der Waals surface area (Å²) in [4.78, 5) is 18.8. The Bertz CT molecular complexity index is 4380. The van der Waals surface area contributed by atoms with Gasteiger partial charge in [0.05, 0.1) is 11.4 Å². The van der Waals surface area contributed by atoms with Crippen molar-refractivity contribution < 1.29 is 0 Å². The molecule has 0 saturated carbocycles. The fourth-order valence-electron chi connectivity index (χ4n) is 11.5. The van der Waals surface area contributed by atoms with Crippen molar-refractivity contribution in [3.63, 3.8) is 0 Å². The standard InChI is InChI=1S/C80H54N4/c1-3-16-55(17-4-1)63-20-13-22-65(48-63)67-42-46-81-78(53-67)60-36-30-57(31-37-60)72-24-7-10-27-75(72)69-50-70(52-71(51-69)77-29-12-9-26-74(77)59-34-40-62(41-35-59)80-83-44-15-45-84-80)76-28-11-8-25-73(76)58-32-38-61(39-33-58)79-54-68(43-47-82-79)66-23-14-21-64(49-66)56-18-5-2-6-19-56/h1-54H. The van der Waals surface area contributed by atoms with E-state index in [1.165, 1.54) is 22.3 Å². The van der Waals surface area contributed by atoms with Crippen molar-refractivity contribution in [1.29, 1.82) is 0 Å². The molecule has 0 fully saturated rings. The molecule has 14 rings (SSSR count). The van der Waals surface area contributed by atoms with E-state index < -0.39 is 0 Å². The maximum absolute atomic E-state index is 4.87. The largest absolute Gasteiger partial charge is 0.256 e. The Morgan fingerprint density at radius 2 is 0.417 bits per heavy atom. The SMILES string of the molecule is c1ccc(-c2cccc(-c3ccnc(-c4ccc(-c5ccccc5-c5cc(-c6ccccc6-c6ccc(-c7cc(-c8cccc(-c9ccccc9)c8)ccn7)cc6)cc(-c6ccccc6-c6ccc(-c7ncccn7)cc6)c5)cc4)c3)c2)cc1. The van der Waals surface area contributed by atoms with Crippen LogP contribution in [0.25, 0.3) is 145 Å². The van der Waals surface area contributed by atoms with Gasteiger partial charge in [-0.2, -0.15) is 0 Å². The molecule has 0 saturated heterocycles. The average Bonchev–Trinajstić information content (AvgIpc) is 3.72. The minimum Gasteiger partial charge on any atom is -0.256 e. The predicted molar refractivity (Wildman–Crippen MR) is 348 cm³/mol. The lowest BCUT2D eigenvalue weighted by Crippen LogP contribution is -1.92. The minimum atomic E-state index is 0.703. The fourth-order valence-corrected chi connectivity index (χ4v) is 11.5. The number of pyridine rings is 2. The molecule has 0 spiro atoms. The maximum atomic E-state index is 4.87. The van der Waals surface area contributed by atoms with Crippen molar-refractivity contribution in [3.8, 4) is 145 Å². The molecule has 0 bridgehead atoms. The van der Waals surface area contributed by atoms with Gasteiger partial charge in [-0.1, -0.05) is 243 Å². The van der Waals surface area contributed by atoms with Crippen molar-refractivity contribution in [2.75, 3.05) is 0 Å². The van der Waals surface area contributed by atoms with Gasteiger partial charge in [-0.05, 0) is 172 Å². The molecule has 394 valence electrons. The third-order valence-electron chi connectivity index (χ3n) is 15.8. The van der Waals surface area contributed by atoms with E-state index in [0.717, 1.165) is 117 Å². The molecule has 4 nitrogen and oxygen atoms in total. The van der Waals surface area contributed by atoms with Gasteiger partial charge >= 0.3 is 0 Å². The van der Waals surface area contributed by atoms with E-state index in [4.69, 9.17) is 9.97 Å². The highest BCUT2D eigenvalue weighted by Gasteiger charge is 2.18. The molecular weight excluding hydrogens is 1020 g/mol. The molecular formula is C80H54N4. The highest BCUT2D eigenvalue weighted by Crippen LogP contribution is 2.43. The van der Waals surface area contributed by atoms with Crippen LogP contribution in [0.5, 0.6) is 0 Å². The third-order valence-corrected chi connectivity index (χ3v) is 15.8. The van der Waals surface area contributed by atoms with Crippen LogP contribution in [0.1, 0.15) is 0 Å². The summed E-state index contributed by atoms with van der Waals surface area (Å²) in [6.45, 7) is 0. The first-order valence-electron chi connectivity index (χ1n) is 28.4. The molecule has 0 aliphatic carbocycles. The van der Waals surface area contributed by atoms with Gasteiger partial charge in [-0.15, -0.1) is 0 Å². The molecule has 84 heavy (non-hydrogen) atoms. The Labute approximate surface area is 490 Å². The van der Waals surface area contributed by atoms with Crippen LogP contribution in [-0.2, 0) is 0 Å². The quantitative estimate of drug-likeness (QED) is 0.115. The summed E-state index contributed by atoms with van der Waals surface area (Å²) in [7, 11) is 0. The lowest BCUT2D eigenvalue weighted by molar-refractivity contribution is 1.18. The van der Waals surface area contributed by atoms with E-state index in [1.54, 1.807) is 12.4 Å². The molecule has 14 aromatic rings. The summed E-state index contributed by atoms with van der Waals surface area (Å²) < 4.78 is 0. The summed E-state index contributed by atoms with van der Waals surface area (Å²) in [6.07, 6.45) is 7.40. The minimum absolute atomic E-state index is 0.703. The van der Waals surface area contributed by atoms with Gasteiger partial charge in [-0.3, -0.25) is 9.97 Å². The second-order valence-electron chi connectivity index (χ2n) is 21.0. The first kappa shape index (κ1) is 51.0. The van der Waals surface area contributed by atoms with E-state index in [0.29, 0.717) is 5.82 Å². The number of aromatic nitrogens is 4. The Morgan fingerprint density at radius 1 is 0.143 bits per heavy atom. The Hall–Kier alpha value is -11.2. The molecule has 0 aliphatic heterocycles. The molecule has 0 atom stereocenters. The first-order chi connectivity index (χ1) is 41.6. The van der Waals surface area contributed by atoms with Crippen molar-refractivity contribution in [2.24, 2.45) is 0 Å². The van der Waals surface area contributed by atoms with E-state index >= 15 is 0 Å². The van der Waals surface area contributed by atoms with Gasteiger partial charge in [0.1, 0.15) is 0 Å². The topological polar surface area (TPSA) is 51.6 Å². The Balaban J connectivity index is 0.830. The van der Waals surface area contributed by atoms with Gasteiger partial charge in [0.15, 0.2) is 5.82 Å². The first-order valence-corrected chi connectivity index (χ1v) is 28.4. The maximum Gasteiger partial charge on any atom is 0.159 e. The van der Waals surface area contributed by atoms with E-state index in [9.17, 15) is 0 Å². The van der Waals surface area contributed by atoms with Crippen molar-refractivity contribution in [1.82, 2.24) is 19.9 Å². The van der Waals surface area contributed by atoms with Crippen molar-refractivity contribution >= 4 is 0 Å². The van der Waals surface area contributed by atoms with Crippen LogP contribution in [0.15, 0.2) is 328 Å². The van der Waals surface area contributed by atoms with Gasteiger partial charge < -0.3 is 0 Å². The van der Waals surface area contributed by atoms with Gasteiger partial charge in [0.25, 0.3) is 0 Å². The van der Waals surface area contributed by atoms with Crippen molar-refractivity contribution in [2.45, 2.75) is 0 Å². The second-order valence-corrected chi connectivity index (χ2v) is 21.0. The molecule has 4 heteroatoms. The molecule has 0 amide bonds. The molecule has 3 aromatic heterocycles. The van der Waals surface area contributed by atoms with E-state index in [-0.39, 0.29) is 0 Å². The lowest BCUT2D eigenvalue weighted by Gasteiger charge is -2.18. The van der Waals surface area contributed by atoms with Crippen LogP contribution < -0.4 is 0 Å². The summed E-state index contributed by atoms with van der Waals surface area (Å²) in [5, 5.41) is 0. The van der Waals surface area contributed by atoms with Crippen LogP contribution in [0.4, 0.5) is 0 Å². The molecule has 3 heterocycles. The predicted octanol–water partition coefficient (Wildman–Crippen LogP) is 20.9. The molecule has 0 N–H and O–H groups in total. The molecule has 0 unspecified atom stereocenters.